The Morgan fingerprint density at radius 2 is 1.89 bits per heavy atom. The zero-order valence-electron chi connectivity index (χ0n) is 20.0. The fraction of sp³-hybridized carbons (Fsp3) is 0.174. The Hall–Kier alpha value is -2.59. The molecule has 0 aliphatic heterocycles. The van der Waals surface area contributed by atoms with E-state index in [1.807, 2.05) is 0 Å². The van der Waals surface area contributed by atoms with Gasteiger partial charge in [0.1, 0.15) is 28.1 Å². The van der Waals surface area contributed by atoms with Gasteiger partial charge >= 0.3 is 51.4 Å². The predicted octanol–water partition coefficient (Wildman–Crippen LogP) is -0.834. The van der Waals surface area contributed by atoms with E-state index in [1.54, 1.807) is 18.2 Å². The van der Waals surface area contributed by atoms with Gasteiger partial charge in [-0.1, -0.05) is 11.3 Å². The molecule has 0 radical (unpaired) electrons. The number of aromatic nitrogens is 4. The Labute approximate surface area is 256 Å². The van der Waals surface area contributed by atoms with Gasteiger partial charge in [-0.15, -0.1) is 16.4 Å². The van der Waals surface area contributed by atoms with E-state index in [1.165, 1.54) is 19.9 Å². The van der Waals surface area contributed by atoms with Crippen molar-refractivity contribution in [2.45, 2.75) is 26.0 Å². The molecule has 3 aromatic heterocycles. The Balaban J connectivity index is 0.00000380. The number of aliphatic hydroxyl groups is 1. The van der Waals surface area contributed by atoms with E-state index < -0.39 is 29.1 Å². The van der Waals surface area contributed by atoms with Crippen LogP contribution in [0.3, 0.4) is 0 Å². The number of carboxylic acid groups (broad SMARTS) is 1. The third-order valence-corrected chi connectivity index (χ3v) is 6.25. The first-order chi connectivity index (χ1) is 16.9. The first-order valence-electron chi connectivity index (χ1n) is 10.4. The Morgan fingerprint density at radius 3 is 2.49 bits per heavy atom. The molecule has 10 nitrogen and oxygen atoms in total. The molecule has 0 bridgehead atoms. The number of primary amides is 1. The van der Waals surface area contributed by atoms with E-state index in [0.717, 1.165) is 34.3 Å². The number of nitrogens with one attached hydrogen (secondary N) is 1. The van der Waals surface area contributed by atoms with Crippen LogP contribution in [0, 0.1) is 11.6 Å². The number of hydrogen-bond donors (Lipinski definition) is 3. The third kappa shape index (κ3) is 6.46. The minimum atomic E-state index is -1.45. The topological polar surface area (TPSA) is 159 Å². The van der Waals surface area contributed by atoms with Gasteiger partial charge in [-0.05, 0) is 49.7 Å². The molecule has 3 heterocycles. The normalized spacial score (nSPS) is 11.2. The number of aromatic carboxylic acids is 1. The Morgan fingerprint density at radius 1 is 1.22 bits per heavy atom. The summed E-state index contributed by atoms with van der Waals surface area (Å²) in [5.74, 6) is -3.83. The van der Waals surface area contributed by atoms with E-state index in [4.69, 9.17) is 5.73 Å². The van der Waals surface area contributed by atoms with Crippen molar-refractivity contribution in [1.82, 2.24) is 20.0 Å². The summed E-state index contributed by atoms with van der Waals surface area (Å²) in [6.07, 6.45) is 1.05. The quantitative estimate of drug-likeness (QED) is 0.239. The van der Waals surface area contributed by atoms with Gasteiger partial charge < -0.3 is 26.1 Å². The first kappa shape index (κ1) is 29.0. The fourth-order valence-corrected chi connectivity index (χ4v) is 4.51. The maximum Gasteiger partial charge on any atom is 1.00 e. The molecule has 0 saturated carbocycles. The van der Waals surface area contributed by atoms with Gasteiger partial charge in [0, 0.05) is 4.88 Å². The molecule has 37 heavy (non-hydrogen) atoms. The number of nitrogens with zero attached hydrogens (tertiary/aromatic N) is 4. The maximum atomic E-state index is 14.9. The molecule has 0 aliphatic rings. The van der Waals surface area contributed by atoms with Crippen LogP contribution in [-0.4, -0.2) is 37.0 Å². The maximum absolute atomic E-state index is 14.9. The van der Waals surface area contributed by atoms with Crippen molar-refractivity contribution in [1.29, 1.82) is 0 Å². The van der Waals surface area contributed by atoms with Crippen LogP contribution in [0.5, 0.6) is 0 Å². The number of rotatable bonds is 8. The Kier molecular flexibility index (Phi) is 8.95. The number of carboxylic acids is 1. The second-order valence-electron chi connectivity index (χ2n) is 8.30. The van der Waals surface area contributed by atoms with E-state index in [-0.39, 0.29) is 96.0 Å². The summed E-state index contributed by atoms with van der Waals surface area (Å²) in [7, 11) is 0. The molecule has 14 heteroatoms. The molecule has 1 aromatic carbocycles. The molecule has 0 unspecified atom stereocenters. The first-order valence-corrected chi connectivity index (χ1v) is 11.2. The summed E-state index contributed by atoms with van der Waals surface area (Å²) in [4.78, 5) is 27.7. The molecule has 0 atom stereocenters. The van der Waals surface area contributed by atoms with E-state index in [0.29, 0.717) is 5.69 Å². The van der Waals surface area contributed by atoms with Gasteiger partial charge in [0.05, 0.1) is 41.1 Å². The van der Waals surface area contributed by atoms with Gasteiger partial charge in [0.15, 0.2) is 0 Å². The molecule has 186 valence electrons. The van der Waals surface area contributed by atoms with Crippen LogP contribution in [-0.2, 0) is 12.1 Å². The van der Waals surface area contributed by atoms with Crippen LogP contribution < -0.4 is 67.5 Å². The molecule has 0 aliphatic carbocycles. The Bertz CT molecular complexity index is 1460. The SMILES string of the molecule is CC(C)(O)c1cc(F)c(-c2cc(C(N)=O)c(Nc3cccc(Cn4nncc4C(=O)[O-])n3)s2)c(F)c1.[K+]. The van der Waals surface area contributed by atoms with Gasteiger partial charge in [0.25, 0.3) is 5.91 Å². The number of halogens is 2. The zero-order valence-corrected chi connectivity index (χ0v) is 23.9. The molecule has 4 aromatic rings. The number of anilines is 2. The minimum Gasteiger partial charge on any atom is -0.543 e. The summed E-state index contributed by atoms with van der Waals surface area (Å²) in [5.41, 5.74) is 3.89. The number of benzene rings is 1. The molecule has 0 spiro atoms. The van der Waals surface area contributed by atoms with Gasteiger partial charge in [0.2, 0.25) is 0 Å². The summed E-state index contributed by atoms with van der Waals surface area (Å²) < 4.78 is 30.8. The number of amides is 1. The zero-order chi connectivity index (χ0) is 26.2. The number of thiophene rings is 1. The fourth-order valence-electron chi connectivity index (χ4n) is 3.39. The van der Waals surface area contributed by atoms with Crippen molar-refractivity contribution >= 4 is 34.0 Å². The van der Waals surface area contributed by atoms with Crippen LogP contribution in [0.1, 0.15) is 46.0 Å². The van der Waals surface area contributed by atoms with Gasteiger partial charge in [-0.3, -0.25) is 4.79 Å². The van der Waals surface area contributed by atoms with Crippen molar-refractivity contribution in [3.8, 4) is 10.4 Å². The predicted molar refractivity (Wildman–Crippen MR) is 124 cm³/mol. The van der Waals surface area contributed by atoms with Gasteiger partial charge in [-0.25, -0.2) is 18.4 Å². The monoisotopic (exact) mass is 552 g/mol. The standard InChI is InChI=1S/C23H20F2N6O4S.K/c1-23(2,35)11-6-14(24)19(15(25)7-11)17-8-13(20(26)32)21(36-17)29-18-5-3-4-12(28-18)10-31-16(22(33)34)9-27-30-31;/h3-9,35H,10H2,1-2H3,(H2,26,32)(H,28,29)(H,33,34);/q;+1/p-1. The van der Waals surface area contributed by atoms with Crippen molar-refractivity contribution < 1.29 is 80.0 Å². The number of carbonyl (C=O) groups excluding carboxylic acids is 2. The summed E-state index contributed by atoms with van der Waals surface area (Å²) in [6.45, 7) is 2.78. The van der Waals surface area contributed by atoms with Crippen molar-refractivity contribution in [3.63, 3.8) is 0 Å². The second kappa shape index (κ2) is 11.4. The van der Waals surface area contributed by atoms with E-state index in [9.17, 15) is 28.6 Å². The molecular weight excluding hydrogens is 533 g/mol. The van der Waals surface area contributed by atoms with Gasteiger partial charge in [-0.2, -0.15) is 0 Å². The van der Waals surface area contributed by atoms with Crippen LogP contribution in [0.2, 0.25) is 0 Å². The smallest absolute Gasteiger partial charge is 0.543 e. The van der Waals surface area contributed by atoms with Crippen LogP contribution in [0.25, 0.3) is 10.4 Å². The minimum absolute atomic E-state index is 0. The van der Waals surface area contributed by atoms with E-state index >= 15 is 0 Å². The van der Waals surface area contributed by atoms with Crippen molar-refractivity contribution in [2.75, 3.05) is 5.32 Å². The summed E-state index contributed by atoms with van der Waals surface area (Å²) >= 11 is 0.887. The largest absolute Gasteiger partial charge is 1.00 e. The van der Waals surface area contributed by atoms with E-state index in [2.05, 4.69) is 20.6 Å². The molecular formula is C23H19F2KN6O4S. The summed E-state index contributed by atoms with van der Waals surface area (Å²) in [5, 5.41) is 31.6. The molecule has 4 rings (SSSR count). The molecule has 4 N–H and O–H groups in total. The summed E-state index contributed by atoms with van der Waals surface area (Å²) in [6, 6.07) is 8.17. The third-order valence-electron chi connectivity index (χ3n) is 5.18. The molecule has 0 saturated heterocycles. The molecule has 0 fully saturated rings. The van der Waals surface area contributed by atoms with Crippen LogP contribution in [0.15, 0.2) is 42.6 Å². The number of carbonyl (C=O) groups is 2. The molecule has 1 amide bonds. The number of nitrogens with two attached hydrogens (primary N) is 1. The average Bonchev–Trinajstić information content (AvgIpc) is 3.40. The second-order valence-corrected chi connectivity index (χ2v) is 9.35. The number of pyridine rings is 1. The number of hydrogen-bond acceptors (Lipinski definition) is 9. The van der Waals surface area contributed by atoms with Crippen LogP contribution >= 0.6 is 11.3 Å². The average molecular weight is 553 g/mol. The van der Waals surface area contributed by atoms with Crippen molar-refractivity contribution in [3.05, 3.63) is 76.7 Å². The van der Waals surface area contributed by atoms with Crippen molar-refractivity contribution in [2.24, 2.45) is 5.73 Å². The van der Waals surface area contributed by atoms with Crippen LogP contribution in [0.4, 0.5) is 19.6 Å².